The Kier molecular flexibility index (Phi) is 5.54. The number of H-pyrrole nitrogens is 1. The highest BCUT2D eigenvalue weighted by Gasteiger charge is 2.41. The van der Waals surface area contributed by atoms with Gasteiger partial charge in [-0.2, -0.15) is 0 Å². The van der Waals surface area contributed by atoms with Gasteiger partial charge in [0.15, 0.2) is 9.84 Å². The molecule has 2 aliphatic rings. The SMILES string of the molecule is C[C@@H]1c2[nH]c3ccccc3c2[C@H](c2ccccc2Cl)CN1CC(=O)N[C@]1(C)CCS(=O)(=O)C1. The van der Waals surface area contributed by atoms with Crippen molar-refractivity contribution in [2.45, 2.75) is 37.8 Å². The molecule has 2 aromatic carbocycles. The summed E-state index contributed by atoms with van der Waals surface area (Å²) < 4.78 is 23.9. The third-order valence-corrected chi connectivity index (χ3v) is 9.33. The van der Waals surface area contributed by atoms with Crippen molar-refractivity contribution in [1.82, 2.24) is 15.2 Å². The lowest BCUT2D eigenvalue weighted by Gasteiger charge is -2.38. The van der Waals surface area contributed by atoms with Crippen LogP contribution in [-0.4, -0.2) is 54.3 Å². The van der Waals surface area contributed by atoms with E-state index in [1.54, 1.807) is 0 Å². The molecule has 8 heteroatoms. The molecule has 1 amide bonds. The van der Waals surface area contributed by atoms with Gasteiger partial charge in [0.1, 0.15) is 0 Å². The van der Waals surface area contributed by atoms with E-state index >= 15 is 0 Å². The van der Waals surface area contributed by atoms with Crippen LogP contribution in [0, 0.1) is 0 Å². The van der Waals surface area contributed by atoms with Gasteiger partial charge in [-0.3, -0.25) is 9.69 Å². The smallest absolute Gasteiger partial charge is 0.234 e. The van der Waals surface area contributed by atoms with Crippen LogP contribution in [0.1, 0.15) is 49.0 Å². The number of halogens is 1. The molecule has 0 spiro atoms. The summed E-state index contributed by atoms with van der Waals surface area (Å²) >= 11 is 6.63. The molecule has 1 saturated heterocycles. The minimum atomic E-state index is -3.10. The first kappa shape index (κ1) is 22.4. The van der Waals surface area contributed by atoms with E-state index in [9.17, 15) is 13.2 Å². The summed E-state index contributed by atoms with van der Waals surface area (Å²) in [5.74, 6) is -0.0257. The monoisotopic (exact) mass is 485 g/mol. The zero-order valence-corrected chi connectivity index (χ0v) is 20.3. The Morgan fingerprint density at radius 1 is 1.21 bits per heavy atom. The highest BCUT2D eigenvalue weighted by atomic mass is 35.5. The van der Waals surface area contributed by atoms with Gasteiger partial charge in [-0.15, -0.1) is 0 Å². The average Bonchev–Trinajstić information content (AvgIpc) is 3.27. The second-order valence-electron chi connectivity index (χ2n) is 9.63. The fraction of sp³-hybridized carbons (Fsp3) is 0.400. The second-order valence-corrected chi connectivity index (χ2v) is 12.2. The van der Waals surface area contributed by atoms with Crippen molar-refractivity contribution in [2.75, 3.05) is 24.6 Å². The summed E-state index contributed by atoms with van der Waals surface area (Å²) in [4.78, 5) is 18.8. The summed E-state index contributed by atoms with van der Waals surface area (Å²) in [6.45, 7) is 4.75. The summed E-state index contributed by atoms with van der Waals surface area (Å²) in [5.41, 5.74) is 3.73. The number of fused-ring (bicyclic) bond motifs is 3. The molecule has 33 heavy (non-hydrogen) atoms. The largest absolute Gasteiger partial charge is 0.357 e. The van der Waals surface area contributed by atoms with Crippen molar-refractivity contribution in [2.24, 2.45) is 0 Å². The zero-order chi connectivity index (χ0) is 23.4. The predicted molar refractivity (Wildman–Crippen MR) is 131 cm³/mol. The Balaban J connectivity index is 1.48. The molecule has 3 aromatic rings. The Morgan fingerprint density at radius 3 is 2.67 bits per heavy atom. The van der Waals surface area contributed by atoms with Gasteiger partial charge in [-0.25, -0.2) is 8.42 Å². The molecule has 3 heterocycles. The Morgan fingerprint density at radius 2 is 1.94 bits per heavy atom. The van der Waals surface area contributed by atoms with Crippen molar-refractivity contribution in [1.29, 1.82) is 0 Å². The summed E-state index contributed by atoms with van der Waals surface area (Å²) in [5, 5.41) is 4.89. The first-order chi connectivity index (χ1) is 15.7. The number of aromatic nitrogens is 1. The van der Waals surface area contributed by atoms with Gasteiger partial charge in [0.25, 0.3) is 0 Å². The van der Waals surface area contributed by atoms with Gasteiger partial charge >= 0.3 is 0 Å². The van der Waals surface area contributed by atoms with E-state index in [-0.39, 0.29) is 35.9 Å². The standard InChI is InChI=1S/C25H28ClN3O3S/c1-16-24-23(18-8-4-6-10-21(18)27-24)19(17-7-3-5-9-20(17)26)13-29(16)14-22(30)28-25(2)11-12-33(31,32)15-25/h3-10,16,19,27H,11-15H2,1-2H3,(H,28,30)/t16-,19+,25-/m1/s1. The molecule has 6 nitrogen and oxygen atoms in total. The third-order valence-electron chi connectivity index (χ3n) is 7.08. The quantitative estimate of drug-likeness (QED) is 0.584. The summed E-state index contributed by atoms with van der Waals surface area (Å²) in [6, 6.07) is 16.1. The summed E-state index contributed by atoms with van der Waals surface area (Å²) in [7, 11) is -3.10. The van der Waals surface area contributed by atoms with E-state index in [1.807, 2.05) is 37.3 Å². The van der Waals surface area contributed by atoms with E-state index in [1.165, 1.54) is 10.9 Å². The van der Waals surface area contributed by atoms with Crippen molar-refractivity contribution in [3.8, 4) is 0 Å². The van der Waals surface area contributed by atoms with E-state index < -0.39 is 15.4 Å². The number of hydrogen-bond donors (Lipinski definition) is 2. The van der Waals surface area contributed by atoms with Crippen LogP contribution in [0.5, 0.6) is 0 Å². The zero-order valence-electron chi connectivity index (χ0n) is 18.8. The maximum atomic E-state index is 13.0. The number of nitrogens with one attached hydrogen (secondary N) is 2. The first-order valence-electron chi connectivity index (χ1n) is 11.3. The number of hydrogen-bond acceptors (Lipinski definition) is 4. The fourth-order valence-electron chi connectivity index (χ4n) is 5.44. The number of nitrogens with zero attached hydrogens (tertiary/aromatic N) is 1. The lowest BCUT2D eigenvalue weighted by molar-refractivity contribution is -0.124. The highest BCUT2D eigenvalue weighted by Crippen LogP contribution is 2.44. The van der Waals surface area contributed by atoms with Crippen LogP contribution < -0.4 is 5.32 Å². The molecular weight excluding hydrogens is 458 g/mol. The molecule has 2 N–H and O–H groups in total. The number of carbonyl (C=O) groups is 1. The molecule has 174 valence electrons. The highest BCUT2D eigenvalue weighted by molar-refractivity contribution is 7.91. The van der Waals surface area contributed by atoms with Crippen LogP contribution in [0.2, 0.25) is 5.02 Å². The van der Waals surface area contributed by atoms with E-state index in [4.69, 9.17) is 11.6 Å². The lowest BCUT2D eigenvalue weighted by atomic mass is 9.83. The Labute approximate surface area is 199 Å². The maximum Gasteiger partial charge on any atom is 0.234 e. The summed E-state index contributed by atoms with van der Waals surface area (Å²) in [6.07, 6.45) is 0.449. The number of benzene rings is 2. The lowest BCUT2D eigenvalue weighted by Crippen LogP contribution is -2.51. The molecule has 0 radical (unpaired) electrons. The molecule has 2 aliphatic heterocycles. The molecule has 3 atom stereocenters. The fourth-order valence-corrected chi connectivity index (χ4v) is 7.80. The molecular formula is C25H28ClN3O3S. The van der Waals surface area contributed by atoms with Gasteiger partial charge in [-0.05, 0) is 43.5 Å². The normalized spacial score (nSPS) is 26.9. The molecule has 0 saturated carbocycles. The maximum absolute atomic E-state index is 13.0. The van der Waals surface area contributed by atoms with E-state index in [2.05, 4.69) is 40.3 Å². The van der Waals surface area contributed by atoms with Crippen LogP contribution in [0.25, 0.3) is 10.9 Å². The van der Waals surface area contributed by atoms with Crippen molar-refractivity contribution in [3.05, 3.63) is 70.4 Å². The predicted octanol–water partition coefficient (Wildman–Crippen LogP) is 4.02. The van der Waals surface area contributed by atoms with Crippen LogP contribution in [0.15, 0.2) is 48.5 Å². The van der Waals surface area contributed by atoms with Gasteiger partial charge in [0.05, 0.1) is 23.6 Å². The van der Waals surface area contributed by atoms with E-state index in [0.29, 0.717) is 18.0 Å². The van der Waals surface area contributed by atoms with Crippen molar-refractivity contribution in [3.63, 3.8) is 0 Å². The Bertz CT molecular complexity index is 1340. The van der Waals surface area contributed by atoms with E-state index in [0.717, 1.165) is 16.8 Å². The minimum absolute atomic E-state index is 0.00277. The van der Waals surface area contributed by atoms with Crippen LogP contribution in [0.4, 0.5) is 0 Å². The first-order valence-corrected chi connectivity index (χ1v) is 13.5. The third kappa shape index (κ3) is 4.18. The van der Waals surface area contributed by atoms with Gasteiger partial charge < -0.3 is 10.3 Å². The molecule has 1 aromatic heterocycles. The molecule has 0 aliphatic carbocycles. The van der Waals surface area contributed by atoms with Crippen molar-refractivity contribution < 1.29 is 13.2 Å². The molecule has 1 fully saturated rings. The second kappa shape index (κ2) is 8.15. The van der Waals surface area contributed by atoms with Gasteiger partial charge in [-0.1, -0.05) is 48.0 Å². The number of sulfone groups is 1. The number of amides is 1. The molecule has 0 unspecified atom stereocenters. The van der Waals surface area contributed by atoms with Crippen LogP contribution >= 0.6 is 11.6 Å². The average molecular weight is 486 g/mol. The molecule has 0 bridgehead atoms. The van der Waals surface area contributed by atoms with Crippen molar-refractivity contribution >= 4 is 38.2 Å². The number of carbonyl (C=O) groups excluding carboxylic acids is 1. The number of aromatic amines is 1. The van der Waals surface area contributed by atoms with Gasteiger partial charge in [0.2, 0.25) is 5.91 Å². The molecule has 5 rings (SSSR count). The number of rotatable bonds is 4. The Hall–Kier alpha value is -2.35. The topological polar surface area (TPSA) is 82.3 Å². The van der Waals surface area contributed by atoms with Crippen LogP contribution in [-0.2, 0) is 14.6 Å². The van der Waals surface area contributed by atoms with Gasteiger partial charge in [0, 0.05) is 40.1 Å². The minimum Gasteiger partial charge on any atom is -0.357 e. The van der Waals surface area contributed by atoms with Crippen LogP contribution in [0.3, 0.4) is 0 Å². The number of para-hydroxylation sites is 1.